The molecule has 1 unspecified atom stereocenters. The van der Waals surface area contributed by atoms with Crippen molar-refractivity contribution in [3.63, 3.8) is 0 Å². The number of nitrogens with zero attached hydrogens (tertiary/aromatic N) is 3. The van der Waals surface area contributed by atoms with E-state index in [1.165, 1.54) is 0 Å². The lowest BCUT2D eigenvalue weighted by atomic mass is 10.2. The van der Waals surface area contributed by atoms with Crippen LogP contribution < -0.4 is 5.32 Å². The van der Waals surface area contributed by atoms with Gasteiger partial charge in [0.2, 0.25) is 5.89 Å². The summed E-state index contributed by atoms with van der Waals surface area (Å²) in [5, 5.41) is 10.6. The molecule has 2 rings (SSSR count). The molecule has 84 valence electrons. The molecule has 1 N–H and O–H groups in total. The van der Waals surface area contributed by atoms with Gasteiger partial charge in [-0.3, -0.25) is 4.98 Å². The number of hydrogen-bond acceptors (Lipinski definition) is 5. The van der Waals surface area contributed by atoms with Crippen molar-refractivity contribution in [3.05, 3.63) is 36.0 Å². The van der Waals surface area contributed by atoms with Crippen LogP contribution in [0.1, 0.15) is 24.6 Å². The minimum absolute atomic E-state index is 0.00447. The van der Waals surface area contributed by atoms with Gasteiger partial charge in [0.05, 0.1) is 11.7 Å². The van der Waals surface area contributed by atoms with Gasteiger partial charge in [0.1, 0.15) is 5.88 Å². The Balaban J connectivity index is 2.05. The normalized spacial score (nSPS) is 12.4. The monoisotopic (exact) mass is 238 g/mol. The zero-order valence-corrected chi connectivity index (χ0v) is 9.48. The smallest absolute Gasteiger partial charge is 0.316 e. The summed E-state index contributed by atoms with van der Waals surface area (Å²) in [6.45, 7) is 1.97. The first-order valence-corrected chi connectivity index (χ1v) is 5.39. The van der Waals surface area contributed by atoms with Gasteiger partial charge >= 0.3 is 6.01 Å². The fourth-order valence-electron chi connectivity index (χ4n) is 1.26. The zero-order valence-electron chi connectivity index (χ0n) is 8.72. The topological polar surface area (TPSA) is 63.8 Å². The van der Waals surface area contributed by atoms with Crippen LogP contribution >= 0.6 is 11.6 Å². The van der Waals surface area contributed by atoms with Crippen LogP contribution in [0.3, 0.4) is 0 Å². The maximum atomic E-state index is 5.56. The molecule has 16 heavy (non-hydrogen) atoms. The predicted molar refractivity (Wildman–Crippen MR) is 60.1 cm³/mol. The van der Waals surface area contributed by atoms with E-state index < -0.39 is 0 Å². The largest absolute Gasteiger partial charge is 0.407 e. The SMILES string of the molecule is CC(Nc1nnc(CCl)o1)c1ccccn1. The Morgan fingerprint density at radius 2 is 2.31 bits per heavy atom. The maximum absolute atomic E-state index is 5.56. The molecule has 0 saturated carbocycles. The molecule has 1 atom stereocenters. The summed E-state index contributed by atoms with van der Waals surface area (Å²) in [7, 11) is 0. The molecule has 2 aromatic rings. The highest BCUT2D eigenvalue weighted by atomic mass is 35.5. The van der Waals surface area contributed by atoms with Gasteiger partial charge in [-0.2, -0.15) is 0 Å². The molecule has 0 spiro atoms. The molecule has 0 bridgehead atoms. The van der Waals surface area contributed by atoms with Crippen LogP contribution in [0.25, 0.3) is 0 Å². The van der Waals surface area contributed by atoms with Gasteiger partial charge in [-0.1, -0.05) is 11.2 Å². The van der Waals surface area contributed by atoms with Crippen molar-refractivity contribution in [2.24, 2.45) is 0 Å². The standard InChI is InChI=1S/C10H11ClN4O/c1-7(8-4-2-3-5-12-8)13-10-15-14-9(6-11)16-10/h2-5,7H,6H2,1H3,(H,13,15). The van der Waals surface area contributed by atoms with Crippen molar-refractivity contribution in [2.45, 2.75) is 18.8 Å². The van der Waals surface area contributed by atoms with Crippen molar-refractivity contribution < 1.29 is 4.42 Å². The fraction of sp³-hybridized carbons (Fsp3) is 0.300. The Kier molecular flexibility index (Phi) is 3.36. The van der Waals surface area contributed by atoms with Crippen LogP contribution in [0.5, 0.6) is 0 Å². The second-order valence-electron chi connectivity index (χ2n) is 3.26. The molecule has 2 aromatic heterocycles. The lowest BCUT2D eigenvalue weighted by Gasteiger charge is -2.10. The molecule has 0 aromatic carbocycles. The molecule has 0 fully saturated rings. The van der Waals surface area contributed by atoms with Gasteiger partial charge in [-0.05, 0) is 19.1 Å². The minimum Gasteiger partial charge on any atom is -0.407 e. The van der Waals surface area contributed by atoms with E-state index in [9.17, 15) is 0 Å². The summed E-state index contributed by atoms with van der Waals surface area (Å²) in [6.07, 6.45) is 1.74. The summed E-state index contributed by atoms with van der Waals surface area (Å²) in [5.74, 6) is 0.615. The van der Waals surface area contributed by atoms with E-state index in [-0.39, 0.29) is 11.9 Å². The molecule has 0 amide bonds. The Morgan fingerprint density at radius 1 is 1.44 bits per heavy atom. The lowest BCUT2D eigenvalue weighted by Crippen LogP contribution is -2.08. The van der Waals surface area contributed by atoms with Gasteiger partial charge in [-0.25, -0.2) is 0 Å². The first-order chi connectivity index (χ1) is 7.79. The fourth-order valence-corrected chi connectivity index (χ4v) is 1.37. The van der Waals surface area contributed by atoms with Crippen molar-refractivity contribution >= 4 is 17.6 Å². The van der Waals surface area contributed by atoms with E-state index in [2.05, 4.69) is 20.5 Å². The Bertz CT molecular complexity index is 445. The molecule has 5 nitrogen and oxygen atoms in total. The molecule has 6 heteroatoms. The minimum atomic E-state index is 0.00447. The van der Waals surface area contributed by atoms with Gasteiger partial charge in [-0.15, -0.1) is 16.7 Å². The van der Waals surface area contributed by atoms with E-state index in [0.717, 1.165) is 5.69 Å². The van der Waals surface area contributed by atoms with Gasteiger partial charge in [0.25, 0.3) is 0 Å². The van der Waals surface area contributed by atoms with Crippen molar-refractivity contribution in [2.75, 3.05) is 5.32 Å². The third-order valence-corrected chi connectivity index (χ3v) is 2.28. The Labute approximate surface area is 97.9 Å². The van der Waals surface area contributed by atoms with Gasteiger partial charge in [0, 0.05) is 6.20 Å². The van der Waals surface area contributed by atoms with E-state index in [4.69, 9.17) is 16.0 Å². The number of nitrogens with one attached hydrogen (secondary N) is 1. The van der Waals surface area contributed by atoms with E-state index in [0.29, 0.717) is 11.9 Å². The van der Waals surface area contributed by atoms with Crippen molar-refractivity contribution in [1.82, 2.24) is 15.2 Å². The van der Waals surface area contributed by atoms with Crippen LogP contribution in [-0.4, -0.2) is 15.2 Å². The highest BCUT2D eigenvalue weighted by Gasteiger charge is 2.10. The van der Waals surface area contributed by atoms with E-state index in [1.807, 2.05) is 25.1 Å². The van der Waals surface area contributed by atoms with Crippen LogP contribution in [0, 0.1) is 0 Å². The Morgan fingerprint density at radius 3 is 2.94 bits per heavy atom. The molecule has 0 aliphatic heterocycles. The second kappa shape index (κ2) is 4.94. The molecule has 2 heterocycles. The van der Waals surface area contributed by atoms with Crippen molar-refractivity contribution in [1.29, 1.82) is 0 Å². The maximum Gasteiger partial charge on any atom is 0.316 e. The molecular formula is C10H11ClN4O. The molecule has 0 saturated heterocycles. The summed E-state index contributed by atoms with van der Waals surface area (Å²) in [5.41, 5.74) is 0.910. The molecule has 0 aliphatic rings. The number of rotatable bonds is 4. The molecular weight excluding hydrogens is 228 g/mol. The number of hydrogen-bond donors (Lipinski definition) is 1. The first kappa shape index (κ1) is 10.9. The predicted octanol–water partition coefficient (Wildman–Crippen LogP) is 2.38. The van der Waals surface area contributed by atoms with Gasteiger partial charge in [0.15, 0.2) is 0 Å². The van der Waals surface area contributed by atoms with Crippen LogP contribution in [0.2, 0.25) is 0 Å². The van der Waals surface area contributed by atoms with Crippen LogP contribution in [-0.2, 0) is 5.88 Å². The Hall–Kier alpha value is -1.62. The highest BCUT2D eigenvalue weighted by molar-refractivity contribution is 6.16. The quantitative estimate of drug-likeness (QED) is 0.829. The summed E-state index contributed by atoms with van der Waals surface area (Å²) >= 11 is 5.56. The lowest BCUT2D eigenvalue weighted by molar-refractivity contribution is 0.520. The van der Waals surface area contributed by atoms with Crippen LogP contribution in [0.4, 0.5) is 6.01 Å². The highest BCUT2D eigenvalue weighted by Crippen LogP contribution is 2.16. The van der Waals surface area contributed by atoms with E-state index in [1.54, 1.807) is 6.20 Å². The van der Waals surface area contributed by atoms with E-state index >= 15 is 0 Å². The zero-order chi connectivity index (χ0) is 11.4. The number of halogens is 1. The number of pyridine rings is 1. The number of alkyl halides is 1. The first-order valence-electron chi connectivity index (χ1n) is 4.85. The summed E-state index contributed by atoms with van der Waals surface area (Å²) in [4.78, 5) is 4.22. The number of aromatic nitrogens is 3. The third-order valence-electron chi connectivity index (χ3n) is 2.05. The average Bonchev–Trinajstić information content (AvgIpc) is 2.78. The third kappa shape index (κ3) is 2.49. The van der Waals surface area contributed by atoms with Crippen molar-refractivity contribution in [3.8, 4) is 0 Å². The average molecular weight is 239 g/mol. The summed E-state index contributed by atoms with van der Waals surface area (Å²) < 4.78 is 5.23. The second-order valence-corrected chi connectivity index (χ2v) is 3.52. The van der Waals surface area contributed by atoms with Gasteiger partial charge < -0.3 is 9.73 Å². The summed E-state index contributed by atoms with van der Waals surface area (Å²) in [6, 6.07) is 6.09. The molecule has 0 radical (unpaired) electrons. The number of anilines is 1. The van der Waals surface area contributed by atoms with Crippen LogP contribution in [0.15, 0.2) is 28.8 Å². The molecule has 0 aliphatic carbocycles.